The quantitative estimate of drug-likeness (QED) is 0.102. The second-order valence-electron chi connectivity index (χ2n) is 16.5. The Morgan fingerprint density at radius 1 is 1.00 bits per heavy atom. The fourth-order valence-corrected chi connectivity index (χ4v) is 6.43. The van der Waals surface area contributed by atoms with Crippen LogP contribution in [0.4, 0.5) is 22.4 Å². The van der Waals surface area contributed by atoms with Gasteiger partial charge in [-0.2, -0.15) is 17.6 Å². The number of ether oxygens (including phenoxy) is 3. The zero-order valence-electron chi connectivity index (χ0n) is 34.2. The molecule has 57 heavy (non-hydrogen) atoms. The summed E-state index contributed by atoms with van der Waals surface area (Å²) in [5.41, 5.74) is -1.52. The van der Waals surface area contributed by atoms with E-state index in [9.17, 15) is 22.8 Å². The van der Waals surface area contributed by atoms with Gasteiger partial charge in [-0.1, -0.05) is 24.3 Å². The van der Waals surface area contributed by atoms with Crippen LogP contribution in [0.5, 0.6) is 5.75 Å². The molecule has 0 aliphatic carbocycles. The first-order valence-electron chi connectivity index (χ1n) is 19.1. The Hall–Kier alpha value is -4.41. The van der Waals surface area contributed by atoms with E-state index in [2.05, 4.69) is 5.10 Å². The predicted molar refractivity (Wildman–Crippen MR) is 209 cm³/mol. The van der Waals surface area contributed by atoms with Crippen LogP contribution in [0.1, 0.15) is 91.5 Å². The highest BCUT2D eigenvalue weighted by molar-refractivity contribution is 6.56. The number of halogens is 4. The van der Waals surface area contributed by atoms with Crippen molar-refractivity contribution in [2.24, 2.45) is 0 Å². The molecule has 11 nitrogen and oxygen atoms in total. The second kappa shape index (κ2) is 17.2. The summed E-state index contributed by atoms with van der Waals surface area (Å²) >= 11 is 0. The van der Waals surface area contributed by atoms with Crippen LogP contribution >= 0.6 is 0 Å². The minimum absolute atomic E-state index is 0.0363. The largest absolute Gasteiger partial charge is 0.492 e. The Kier molecular flexibility index (Phi) is 13.2. The summed E-state index contributed by atoms with van der Waals surface area (Å²) < 4.78 is 90.4. The van der Waals surface area contributed by atoms with E-state index in [1.54, 1.807) is 105 Å². The average Bonchev–Trinajstić information content (AvgIpc) is 3.56. The lowest BCUT2D eigenvalue weighted by Gasteiger charge is -2.32. The molecule has 2 aliphatic rings. The lowest BCUT2D eigenvalue weighted by atomic mass is 9.70. The average molecular weight is 801 g/mol. The summed E-state index contributed by atoms with van der Waals surface area (Å²) in [6.07, 6.45) is -1.69. The van der Waals surface area contributed by atoms with Crippen molar-refractivity contribution in [3.8, 4) is 5.75 Å². The molecule has 0 radical (unpaired) electrons. The van der Waals surface area contributed by atoms with E-state index in [0.717, 1.165) is 12.8 Å². The predicted octanol–water partition coefficient (Wildman–Crippen LogP) is 8.52. The number of aromatic nitrogens is 2. The van der Waals surface area contributed by atoms with Gasteiger partial charge in [-0.3, -0.25) is 4.79 Å². The summed E-state index contributed by atoms with van der Waals surface area (Å²) in [6.45, 7) is 13.0. The highest BCUT2D eigenvalue weighted by Crippen LogP contribution is 2.44. The maximum atomic E-state index is 15.6. The van der Waals surface area contributed by atoms with Gasteiger partial charge in [-0.25, -0.2) is 9.48 Å². The summed E-state index contributed by atoms with van der Waals surface area (Å²) in [5, 5.41) is 4.26. The fourth-order valence-electron chi connectivity index (χ4n) is 6.43. The Morgan fingerprint density at radius 3 is 2.23 bits per heavy atom. The van der Waals surface area contributed by atoms with Crippen LogP contribution in [0.2, 0.25) is 0 Å². The van der Waals surface area contributed by atoms with Crippen LogP contribution in [-0.4, -0.2) is 102 Å². The number of carbonyl (C=O) groups excluding carboxylic acids is 2. The standard InChI is InChI=1S/C41H53BF4N4O7/c1-38(2,3)55-37(52)49(21-12-13-33(51)48(8)9)22-24-53-29-18-15-27(16-19-29)35(31(26-41(44,45)46)42-56-39(4,5)40(6,7)57-42)28-17-20-32-30(25-28)36(43)47-50(32)34-14-10-11-23-54-34/h12-13,15-20,25,34H,10-11,14,21-24,26H2,1-9H3/b13-12+,35-31+. The van der Waals surface area contributed by atoms with Gasteiger partial charge in [0, 0.05) is 33.3 Å². The number of allylic oxidation sites excluding steroid dienone is 1. The van der Waals surface area contributed by atoms with Gasteiger partial charge in [-0.05, 0) is 114 Å². The highest BCUT2D eigenvalue weighted by Gasteiger charge is 2.54. The molecular weight excluding hydrogens is 747 g/mol. The number of benzene rings is 2. The van der Waals surface area contributed by atoms with Crippen LogP contribution in [-0.2, 0) is 23.6 Å². The van der Waals surface area contributed by atoms with Gasteiger partial charge < -0.3 is 33.3 Å². The minimum atomic E-state index is -4.65. The van der Waals surface area contributed by atoms with Gasteiger partial charge in [-0.15, -0.1) is 5.10 Å². The van der Waals surface area contributed by atoms with E-state index in [1.807, 2.05) is 0 Å². The van der Waals surface area contributed by atoms with E-state index in [4.69, 9.17) is 23.5 Å². The third-order valence-electron chi connectivity index (χ3n) is 10.1. The van der Waals surface area contributed by atoms with Crippen molar-refractivity contribution in [2.45, 2.75) is 103 Å². The molecule has 2 aliphatic heterocycles. The zero-order chi connectivity index (χ0) is 41.9. The van der Waals surface area contributed by atoms with Crippen LogP contribution < -0.4 is 4.74 Å². The molecule has 310 valence electrons. The molecule has 3 aromatic rings. The topological polar surface area (TPSA) is 105 Å². The van der Waals surface area contributed by atoms with E-state index in [-0.39, 0.29) is 42.0 Å². The molecule has 2 saturated heterocycles. The number of hydrogen-bond acceptors (Lipinski definition) is 8. The molecule has 2 amide bonds. The molecule has 0 N–H and O–H groups in total. The molecule has 0 spiro atoms. The van der Waals surface area contributed by atoms with E-state index in [1.165, 1.54) is 26.6 Å². The molecule has 0 bridgehead atoms. The van der Waals surface area contributed by atoms with Gasteiger partial charge in [0.1, 0.15) is 18.0 Å². The SMILES string of the molecule is CN(C)C(=O)/C=C/CN(CCOc1ccc(/C(=C(/CC(F)(F)F)B2OC(C)(C)C(C)(C)O2)c2ccc3c(c2)c(F)nn3C2CCCCO2)cc1)C(=O)OC(C)(C)C. The van der Waals surface area contributed by atoms with Gasteiger partial charge in [0.2, 0.25) is 11.9 Å². The maximum absolute atomic E-state index is 15.6. The van der Waals surface area contributed by atoms with Crippen LogP contribution in [0.15, 0.2) is 60.1 Å². The van der Waals surface area contributed by atoms with Gasteiger partial charge in [0.05, 0.1) is 35.1 Å². The lowest BCUT2D eigenvalue weighted by molar-refractivity contribution is -0.126. The van der Waals surface area contributed by atoms with Crippen molar-refractivity contribution in [1.29, 1.82) is 0 Å². The Balaban J connectivity index is 1.50. The number of carbonyl (C=O) groups is 2. The highest BCUT2D eigenvalue weighted by atomic mass is 19.4. The molecule has 5 rings (SSSR count). The third kappa shape index (κ3) is 11.0. The van der Waals surface area contributed by atoms with Crippen molar-refractivity contribution in [3.05, 3.63) is 77.2 Å². The summed E-state index contributed by atoms with van der Waals surface area (Å²) in [7, 11) is 1.86. The Bertz CT molecular complexity index is 1950. The fraction of sp³-hybridized carbons (Fsp3) is 0.537. The van der Waals surface area contributed by atoms with Crippen molar-refractivity contribution >= 4 is 35.6 Å². The molecule has 1 unspecified atom stereocenters. The molecule has 1 aromatic heterocycles. The van der Waals surface area contributed by atoms with Crippen LogP contribution in [0.3, 0.4) is 0 Å². The van der Waals surface area contributed by atoms with Gasteiger partial charge >= 0.3 is 19.4 Å². The number of alkyl halides is 3. The minimum Gasteiger partial charge on any atom is -0.492 e. The van der Waals surface area contributed by atoms with Crippen molar-refractivity contribution < 1.29 is 50.7 Å². The first kappa shape index (κ1) is 43.7. The van der Waals surface area contributed by atoms with Crippen molar-refractivity contribution in [3.63, 3.8) is 0 Å². The van der Waals surface area contributed by atoms with Crippen LogP contribution in [0, 0.1) is 5.95 Å². The summed E-state index contributed by atoms with van der Waals surface area (Å²) in [6, 6.07) is 11.3. The third-order valence-corrected chi connectivity index (χ3v) is 10.1. The summed E-state index contributed by atoms with van der Waals surface area (Å²) in [5.74, 6) is -0.629. The van der Waals surface area contributed by atoms with E-state index in [0.29, 0.717) is 35.4 Å². The molecule has 1 atom stereocenters. The van der Waals surface area contributed by atoms with Gasteiger partial charge in [0.15, 0.2) is 6.23 Å². The smallest absolute Gasteiger partial charge is 0.491 e. The number of likely N-dealkylation sites (N-methyl/N-ethyl adjacent to an activating group) is 1. The normalized spacial score (nSPS) is 18.8. The Labute approximate surface area is 332 Å². The number of fused-ring (bicyclic) bond motifs is 1. The second-order valence-corrected chi connectivity index (χ2v) is 16.5. The van der Waals surface area contributed by atoms with Crippen molar-refractivity contribution in [1.82, 2.24) is 19.6 Å². The van der Waals surface area contributed by atoms with E-state index < -0.39 is 54.8 Å². The molecule has 0 saturated carbocycles. The first-order valence-corrected chi connectivity index (χ1v) is 19.1. The maximum Gasteiger partial charge on any atom is 0.491 e. The van der Waals surface area contributed by atoms with Gasteiger partial charge in [0.25, 0.3) is 0 Å². The molecule has 2 aromatic carbocycles. The Morgan fingerprint density at radius 2 is 1.65 bits per heavy atom. The molecule has 3 heterocycles. The number of rotatable bonds is 12. The lowest BCUT2D eigenvalue weighted by Crippen LogP contribution is -2.41. The molecular formula is C41H53BF4N4O7. The summed E-state index contributed by atoms with van der Waals surface area (Å²) in [4.78, 5) is 27.8. The number of amides is 2. The number of hydrogen-bond donors (Lipinski definition) is 0. The number of nitrogens with zero attached hydrogens (tertiary/aromatic N) is 4. The van der Waals surface area contributed by atoms with Crippen molar-refractivity contribution in [2.75, 3.05) is 40.4 Å². The molecule has 16 heteroatoms. The zero-order valence-corrected chi connectivity index (χ0v) is 34.2. The molecule has 2 fully saturated rings. The van der Waals surface area contributed by atoms with E-state index >= 15 is 4.39 Å². The first-order chi connectivity index (χ1) is 26.5. The monoisotopic (exact) mass is 800 g/mol. The van der Waals surface area contributed by atoms with Crippen LogP contribution in [0.25, 0.3) is 16.5 Å².